The van der Waals surface area contributed by atoms with E-state index in [9.17, 15) is 9.59 Å². The van der Waals surface area contributed by atoms with E-state index >= 15 is 0 Å². The van der Waals surface area contributed by atoms with Gasteiger partial charge in [0.05, 0.1) is 6.42 Å². The van der Waals surface area contributed by atoms with E-state index in [0.717, 1.165) is 16.7 Å². The number of hydrogen-bond acceptors (Lipinski definition) is 3. The average Bonchev–Trinajstić information content (AvgIpc) is 2.69. The Kier molecular flexibility index (Phi) is 6.45. The molecule has 0 aliphatic heterocycles. The zero-order valence-corrected chi connectivity index (χ0v) is 16.1. The van der Waals surface area contributed by atoms with Crippen LogP contribution in [0.15, 0.2) is 78.9 Å². The molecule has 1 amide bonds. The fourth-order valence-electron chi connectivity index (χ4n) is 2.71. The molecule has 0 spiro atoms. The number of carbonyl (C=O) groups is 2. The first kappa shape index (κ1) is 19.6. The van der Waals surface area contributed by atoms with Gasteiger partial charge in [0.15, 0.2) is 6.10 Å². The first-order chi connectivity index (χ1) is 13.5. The maximum Gasteiger partial charge on any atom is 0.311 e. The van der Waals surface area contributed by atoms with Gasteiger partial charge < -0.3 is 10.1 Å². The zero-order valence-electron chi connectivity index (χ0n) is 15.4. The summed E-state index contributed by atoms with van der Waals surface area (Å²) in [5, 5.41) is 3.19. The Morgan fingerprint density at radius 1 is 0.929 bits per heavy atom. The topological polar surface area (TPSA) is 55.4 Å². The molecule has 0 heterocycles. The SMILES string of the molecule is CC(OC(=O)Cc1ccc(-c2ccccc2)cc1)C(=O)Nc1cccc(Cl)c1. The molecule has 1 unspecified atom stereocenters. The van der Waals surface area contributed by atoms with Crippen molar-refractivity contribution in [3.05, 3.63) is 89.4 Å². The van der Waals surface area contributed by atoms with Crippen molar-refractivity contribution in [2.45, 2.75) is 19.4 Å². The number of rotatable bonds is 6. The monoisotopic (exact) mass is 393 g/mol. The first-order valence-electron chi connectivity index (χ1n) is 8.91. The third-order valence-electron chi connectivity index (χ3n) is 4.18. The number of carbonyl (C=O) groups excluding carboxylic acids is 2. The quantitative estimate of drug-likeness (QED) is 0.591. The summed E-state index contributed by atoms with van der Waals surface area (Å²) in [6.45, 7) is 1.54. The van der Waals surface area contributed by atoms with Crippen LogP contribution in [0.1, 0.15) is 12.5 Å². The number of esters is 1. The smallest absolute Gasteiger partial charge is 0.311 e. The summed E-state index contributed by atoms with van der Waals surface area (Å²) in [7, 11) is 0. The lowest BCUT2D eigenvalue weighted by Gasteiger charge is -2.14. The summed E-state index contributed by atoms with van der Waals surface area (Å²) in [4.78, 5) is 24.3. The summed E-state index contributed by atoms with van der Waals surface area (Å²) in [5.41, 5.74) is 3.57. The second-order valence-corrected chi connectivity index (χ2v) is 6.81. The Hall–Kier alpha value is -3.11. The molecule has 0 aliphatic carbocycles. The van der Waals surface area contributed by atoms with E-state index in [1.54, 1.807) is 24.3 Å². The van der Waals surface area contributed by atoms with Gasteiger partial charge in [0.2, 0.25) is 0 Å². The molecular formula is C23H20ClNO3. The van der Waals surface area contributed by atoms with Crippen LogP contribution in [0.4, 0.5) is 5.69 Å². The van der Waals surface area contributed by atoms with E-state index in [-0.39, 0.29) is 6.42 Å². The Morgan fingerprint density at radius 2 is 1.61 bits per heavy atom. The summed E-state index contributed by atoms with van der Waals surface area (Å²) in [5.74, 6) is -0.865. The second-order valence-electron chi connectivity index (χ2n) is 6.37. The van der Waals surface area contributed by atoms with Gasteiger partial charge in [0.1, 0.15) is 0 Å². The average molecular weight is 394 g/mol. The Balaban J connectivity index is 1.54. The van der Waals surface area contributed by atoms with E-state index in [0.29, 0.717) is 10.7 Å². The molecule has 0 fully saturated rings. The predicted octanol–water partition coefficient (Wildman–Crippen LogP) is 5.12. The molecule has 4 nitrogen and oxygen atoms in total. The molecule has 28 heavy (non-hydrogen) atoms. The number of nitrogens with one attached hydrogen (secondary N) is 1. The molecule has 0 saturated heterocycles. The van der Waals surface area contributed by atoms with Crippen LogP contribution in [-0.4, -0.2) is 18.0 Å². The minimum atomic E-state index is -0.907. The molecule has 0 aliphatic rings. The van der Waals surface area contributed by atoms with Gasteiger partial charge in [-0.3, -0.25) is 9.59 Å². The number of halogens is 1. The molecule has 1 N–H and O–H groups in total. The molecule has 3 aromatic rings. The van der Waals surface area contributed by atoms with Gasteiger partial charge in [-0.1, -0.05) is 72.3 Å². The van der Waals surface area contributed by atoms with Gasteiger partial charge in [-0.2, -0.15) is 0 Å². The van der Waals surface area contributed by atoms with Crippen LogP contribution >= 0.6 is 11.6 Å². The van der Waals surface area contributed by atoms with Crippen molar-refractivity contribution in [3.8, 4) is 11.1 Å². The van der Waals surface area contributed by atoms with Gasteiger partial charge in [-0.15, -0.1) is 0 Å². The summed E-state index contributed by atoms with van der Waals surface area (Å²) >= 11 is 5.90. The molecule has 0 radical (unpaired) electrons. The van der Waals surface area contributed by atoms with Crippen molar-refractivity contribution in [3.63, 3.8) is 0 Å². The maximum absolute atomic E-state index is 12.2. The van der Waals surface area contributed by atoms with E-state index in [1.165, 1.54) is 6.92 Å². The van der Waals surface area contributed by atoms with Crippen molar-refractivity contribution >= 4 is 29.2 Å². The highest BCUT2D eigenvalue weighted by Gasteiger charge is 2.18. The number of ether oxygens (including phenoxy) is 1. The normalized spacial score (nSPS) is 11.5. The highest BCUT2D eigenvalue weighted by Crippen LogP contribution is 2.20. The van der Waals surface area contributed by atoms with Gasteiger partial charge >= 0.3 is 5.97 Å². The Morgan fingerprint density at radius 3 is 2.29 bits per heavy atom. The van der Waals surface area contributed by atoms with Crippen LogP contribution in [0.2, 0.25) is 5.02 Å². The van der Waals surface area contributed by atoms with E-state index in [4.69, 9.17) is 16.3 Å². The standard InChI is InChI=1S/C23H20ClNO3/c1-16(23(27)25-21-9-5-8-20(24)15-21)28-22(26)14-17-10-12-19(13-11-17)18-6-3-2-4-7-18/h2-13,15-16H,14H2,1H3,(H,25,27). The minimum Gasteiger partial charge on any atom is -0.452 e. The van der Waals surface area contributed by atoms with Gasteiger partial charge in [0.25, 0.3) is 5.91 Å². The molecular weight excluding hydrogens is 374 g/mol. The summed E-state index contributed by atoms with van der Waals surface area (Å²) < 4.78 is 5.25. The van der Waals surface area contributed by atoms with Crippen molar-refractivity contribution in [1.29, 1.82) is 0 Å². The molecule has 0 saturated carbocycles. The molecule has 0 aromatic heterocycles. The fourth-order valence-corrected chi connectivity index (χ4v) is 2.91. The van der Waals surface area contributed by atoms with Crippen LogP contribution in [-0.2, 0) is 20.7 Å². The molecule has 142 valence electrons. The Labute approximate surface area is 169 Å². The lowest BCUT2D eigenvalue weighted by molar-refractivity contribution is -0.152. The fraction of sp³-hybridized carbons (Fsp3) is 0.130. The third kappa shape index (κ3) is 5.44. The van der Waals surface area contributed by atoms with Gasteiger partial charge in [0, 0.05) is 10.7 Å². The lowest BCUT2D eigenvalue weighted by Crippen LogP contribution is -2.30. The molecule has 3 aromatic carbocycles. The number of hydrogen-bond donors (Lipinski definition) is 1. The van der Waals surface area contributed by atoms with Crippen LogP contribution in [0.3, 0.4) is 0 Å². The Bertz CT molecular complexity index is 955. The van der Waals surface area contributed by atoms with Gasteiger partial charge in [-0.05, 0) is 41.8 Å². The molecule has 0 bridgehead atoms. The van der Waals surface area contributed by atoms with Gasteiger partial charge in [-0.25, -0.2) is 0 Å². The van der Waals surface area contributed by atoms with Crippen molar-refractivity contribution in [2.24, 2.45) is 0 Å². The van der Waals surface area contributed by atoms with Crippen LogP contribution in [0, 0.1) is 0 Å². The molecule has 5 heteroatoms. The highest BCUT2D eigenvalue weighted by molar-refractivity contribution is 6.30. The zero-order chi connectivity index (χ0) is 19.9. The largest absolute Gasteiger partial charge is 0.452 e. The maximum atomic E-state index is 12.2. The molecule has 3 rings (SSSR count). The highest BCUT2D eigenvalue weighted by atomic mass is 35.5. The summed E-state index contributed by atoms with van der Waals surface area (Å²) in [6, 6.07) is 24.5. The van der Waals surface area contributed by atoms with Crippen LogP contribution in [0.5, 0.6) is 0 Å². The summed E-state index contributed by atoms with van der Waals surface area (Å²) in [6.07, 6.45) is -0.806. The second kappa shape index (κ2) is 9.20. The van der Waals surface area contributed by atoms with Crippen LogP contribution in [0.25, 0.3) is 11.1 Å². The van der Waals surface area contributed by atoms with Crippen LogP contribution < -0.4 is 5.32 Å². The van der Waals surface area contributed by atoms with Crippen molar-refractivity contribution < 1.29 is 14.3 Å². The van der Waals surface area contributed by atoms with E-state index < -0.39 is 18.0 Å². The number of benzene rings is 3. The number of anilines is 1. The lowest BCUT2D eigenvalue weighted by atomic mass is 10.0. The van der Waals surface area contributed by atoms with Crippen molar-refractivity contribution in [1.82, 2.24) is 0 Å². The first-order valence-corrected chi connectivity index (χ1v) is 9.29. The molecule has 1 atom stereocenters. The van der Waals surface area contributed by atoms with E-state index in [2.05, 4.69) is 5.32 Å². The van der Waals surface area contributed by atoms with Crippen molar-refractivity contribution in [2.75, 3.05) is 5.32 Å². The number of amides is 1. The third-order valence-corrected chi connectivity index (χ3v) is 4.41. The van der Waals surface area contributed by atoms with E-state index in [1.807, 2.05) is 54.6 Å². The predicted molar refractivity (Wildman–Crippen MR) is 111 cm³/mol. The minimum absolute atomic E-state index is 0.101.